The van der Waals surface area contributed by atoms with Crippen molar-refractivity contribution in [2.75, 3.05) is 0 Å². The van der Waals surface area contributed by atoms with Crippen molar-refractivity contribution in [3.05, 3.63) is 29.8 Å². The zero-order valence-electron chi connectivity index (χ0n) is 8.82. The van der Waals surface area contributed by atoms with E-state index in [9.17, 15) is 4.79 Å². The third kappa shape index (κ3) is 2.76. The minimum absolute atomic E-state index is 0.0474. The van der Waals surface area contributed by atoms with Crippen molar-refractivity contribution in [3.63, 3.8) is 0 Å². The fourth-order valence-electron chi connectivity index (χ4n) is 0.905. The maximum Gasteiger partial charge on any atom is 0.320 e. The number of rotatable bonds is 3. The molecule has 0 aliphatic heterocycles. The van der Waals surface area contributed by atoms with Crippen molar-refractivity contribution in [2.24, 2.45) is 5.73 Å². The van der Waals surface area contributed by atoms with Gasteiger partial charge in [0.05, 0.1) is 2.74 Å². The maximum atomic E-state index is 10.6. The quantitative estimate of drug-likeness (QED) is 0.631. The van der Waals surface area contributed by atoms with E-state index >= 15 is 0 Å². The first kappa shape index (κ1) is 6.91. The zero-order valence-corrected chi connectivity index (χ0v) is 6.82. The van der Waals surface area contributed by atoms with Gasteiger partial charge in [0.1, 0.15) is 11.8 Å². The number of carboxylic acids is 1. The molecule has 0 fully saturated rings. The lowest BCUT2D eigenvalue weighted by Crippen LogP contribution is -2.32. The van der Waals surface area contributed by atoms with Gasteiger partial charge in [-0.25, -0.2) is 0 Å². The highest BCUT2D eigenvalue weighted by molar-refractivity contribution is 5.73. The van der Waals surface area contributed by atoms with E-state index in [-0.39, 0.29) is 18.2 Å². The molecule has 0 heterocycles. The summed E-state index contributed by atoms with van der Waals surface area (Å²) in [5.74, 6) is -1.59. The standard InChI is InChI=1S/C9H11NO3/c10-8(9(12)13)5-6-2-1-3-7(11)4-6/h1-4,8,11H,5,10H2,(H,12,13)/t8-/m1/s1/i1D,8D. The Morgan fingerprint density at radius 3 is 3.00 bits per heavy atom. The Labute approximate surface area is 78.4 Å². The Morgan fingerprint density at radius 2 is 2.46 bits per heavy atom. The van der Waals surface area contributed by atoms with E-state index in [1.54, 1.807) is 0 Å². The maximum absolute atomic E-state index is 10.6. The Kier molecular flexibility index (Phi) is 2.08. The van der Waals surface area contributed by atoms with Gasteiger partial charge in [0.15, 0.2) is 0 Å². The Morgan fingerprint density at radius 1 is 1.77 bits per heavy atom. The number of aromatic hydroxyl groups is 1. The van der Waals surface area contributed by atoms with Gasteiger partial charge in [-0.15, -0.1) is 0 Å². The lowest BCUT2D eigenvalue weighted by molar-refractivity contribution is -0.138. The predicted molar refractivity (Wildman–Crippen MR) is 47.4 cm³/mol. The number of hydrogen-bond donors (Lipinski definition) is 3. The number of phenols is 1. The van der Waals surface area contributed by atoms with Gasteiger partial charge in [0, 0.05) is 0 Å². The van der Waals surface area contributed by atoms with Gasteiger partial charge in [-0.3, -0.25) is 4.79 Å². The minimum atomic E-state index is -2.14. The highest BCUT2D eigenvalue weighted by Crippen LogP contribution is 2.11. The van der Waals surface area contributed by atoms with Crippen molar-refractivity contribution in [2.45, 2.75) is 12.4 Å². The smallest absolute Gasteiger partial charge is 0.320 e. The molecule has 13 heavy (non-hydrogen) atoms. The SMILES string of the molecule is [2H]c1cc(O)cc(C[C@@]([2H])(N)C(=O)O)c1. The summed E-state index contributed by atoms with van der Waals surface area (Å²) in [5.41, 5.74) is 5.56. The van der Waals surface area contributed by atoms with E-state index in [0.717, 1.165) is 0 Å². The largest absolute Gasteiger partial charge is 0.508 e. The summed E-state index contributed by atoms with van der Waals surface area (Å²) >= 11 is 0. The summed E-state index contributed by atoms with van der Waals surface area (Å²) in [5, 5.41) is 17.8. The predicted octanol–water partition coefficient (Wildman–Crippen LogP) is 0.347. The molecular formula is C9H11NO3. The normalized spacial score (nSPS) is 17.0. The van der Waals surface area contributed by atoms with Crippen molar-refractivity contribution in [1.29, 1.82) is 0 Å². The van der Waals surface area contributed by atoms with Gasteiger partial charge in [0.2, 0.25) is 0 Å². The van der Waals surface area contributed by atoms with Crippen LogP contribution in [0.3, 0.4) is 0 Å². The summed E-state index contributed by atoms with van der Waals surface area (Å²) in [7, 11) is 0. The number of carbonyl (C=O) groups is 1. The van der Waals surface area contributed by atoms with Crippen LogP contribution in [0, 0.1) is 0 Å². The topological polar surface area (TPSA) is 83.5 Å². The second kappa shape index (κ2) is 3.91. The molecular weight excluding hydrogens is 170 g/mol. The van der Waals surface area contributed by atoms with Crippen LogP contribution in [-0.4, -0.2) is 22.2 Å². The molecule has 0 saturated carbocycles. The summed E-state index contributed by atoms with van der Waals surface area (Å²) in [6.45, 7) is 0. The molecule has 1 aromatic carbocycles. The second-order valence-corrected chi connectivity index (χ2v) is 2.61. The van der Waals surface area contributed by atoms with E-state index in [2.05, 4.69) is 0 Å². The molecule has 0 radical (unpaired) electrons. The lowest BCUT2D eigenvalue weighted by atomic mass is 10.1. The Balaban J connectivity index is 2.94. The molecule has 1 atom stereocenters. The molecule has 0 spiro atoms. The van der Waals surface area contributed by atoms with Gasteiger partial charge in [0.25, 0.3) is 0 Å². The van der Waals surface area contributed by atoms with Gasteiger partial charge < -0.3 is 15.9 Å². The van der Waals surface area contributed by atoms with Crippen molar-refractivity contribution < 1.29 is 17.7 Å². The molecule has 0 aliphatic rings. The van der Waals surface area contributed by atoms with Crippen LogP contribution in [0.1, 0.15) is 8.30 Å². The van der Waals surface area contributed by atoms with Gasteiger partial charge >= 0.3 is 5.97 Å². The highest BCUT2D eigenvalue weighted by atomic mass is 16.4. The van der Waals surface area contributed by atoms with Crippen LogP contribution in [-0.2, 0) is 11.2 Å². The summed E-state index contributed by atoms with van der Waals surface area (Å²) < 4.78 is 14.6. The van der Waals surface area contributed by atoms with E-state index in [4.69, 9.17) is 18.7 Å². The number of phenolic OH excluding ortho intramolecular Hbond substituents is 1. The van der Waals surface area contributed by atoms with E-state index in [1.807, 2.05) is 0 Å². The summed E-state index contributed by atoms with van der Waals surface area (Å²) in [4.78, 5) is 10.6. The first-order chi connectivity index (χ1) is 6.81. The van der Waals surface area contributed by atoms with Crippen LogP contribution in [0.5, 0.6) is 5.75 Å². The lowest BCUT2D eigenvalue weighted by Gasteiger charge is -2.05. The average molecular weight is 183 g/mol. The van der Waals surface area contributed by atoms with Crippen LogP contribution >= 0.6 is 0 Å². The summed E-state index contributed by atoms with van der Waals surface area (Å²) in [6.07, 6.45) is -0.261. The van der Waals surface area contributed by atoms with Crippen LogP contribution < -0.4 is 5.73 Å². The van der Waals surface area contributed by atoms with Gasteiger partial charge in [-0.1, -0.05) is 12.1 Å². The first-order valence-electron chi connectivity index (χ1n) is 4.63. The van der Waals surface area contributed by atoms with E-state index < -0.39 is 12.0 Å². The highest BCUT2D eigenvalue weighted by Gasteiger charge is 2.11. The fourth-order valence-corrected chi connectivity index (χ4v) is 0.905. The van der Waals surface area contributed by atoms with Crippen LogP contribution in [0.4, 0.5) is 0 Å². The minimum Gasteiger partial charge on any atom is -0.508 e. The van der Waals surface area contributed by atoms with Crippen LogP contribution in [0.15, 0.2) is 24.2 Å². The van der Waals surface area contributed by atoms with E-state index in [0.29, 0.717) is 5.56 Å². The van der Waals surface area contributed by atoms with Gasteiger partial charge in [-0.05, 0) is 24.1 Å². The molecule has 0 aromatic heterocycles. The molecule has 4 N–H and O–H groups in total. The fraction of sp³-hybridized carbons (Fsp3) is 0.222. The molecule has 0 saturated heterocycles. The number of aliphatic carboxylic acids is 1. The molecule has 4 nitrogen and oxygen atoms in total. The number of benzene rings is 1. The Bertz CT molecular complexity index is 373. The molecule has 1 aromatic rings. The third-order valence-corrected chi connectivity index (χ3v) is 1.50. The van der Waals surface area contributed by atoms with Gasteiger partial charge in [-0.2, -0.15) is 0 Å². The summed E-state index contributed by atoms with van der Waals surface area (Å²) in [6, 6.07) is 1.77. The molecule has 4 heteroatoms. The Hall–Kier alpha value is -1.55. The van der Waals surface area contributed by atoms with Crippen LogP contribution in [0.25, 0.3) is 0 Å². The van der Waals surface area contributed by atoms with Crippen molar-refractivity contribution in [3.8, 4) is 5.75 Å². The second-order valence-electron chi connectivity index (χ2n) is 2.61. The zero-order chi connectivity index (χ0) is 11.6. The van der Waals surface area contributed by atoms with Crippen molar-refractivity contribution >= 4 is 5.97 Å². The van der Waals surface area contributed by atoms with E-state index in [1.165, 1.54) is 18.2 Å². The number of nitrogens with two attached hydrogens (primary N) is 1. The third-order valence-electron chi connectivity index (χ3n) is 1.50. The molecule has 70 valence electrons. The monoisotopic (exact) mass is 183 g/mol. The molecule has 0 aliphatic carbocycles. The number of hydrogen-bond acceptors (Lipinski definition) is 3. The molecule has 0 amide bonds. The molecule has 0 bridgehead atoms. The average Bonchev–Trinajstić information content (AvgIpc) is 1.99. The van der Waals surface area contributed by atoms with Crippen LogP contribution in [0.2, 0.25) is 0 Å². The number of carboxylic acid groups (broad SMARTS) is 1. The molecule has 0 unspecified atom stereocenters. The first-order valence-corrected chi connectivity index (χ1v) is 3.63. The van der Waals surface area contributed by atoms with Crippen molar-refractivity contribution in [1.82, 2.24) is 0 Å². The molecule has 1 rings (SSSR count).